The van der Waals surface area contributed by atoms with Crippen molar-refractivity contribution in [1.82, 2.24) is 14.8 Å². The molecule has 15 heavy (non-hydrogen) atoms. The summed E-state index contributed by atoms with van der Waals surface area (Å²) >= 11 is 5.89. The van der Waals surface area contributed by atoms with Gasteiger partial charge in [0.05, 0.1) is 0 Å². The molecule has 3 unspecified atom stereocenters. The Labute approximate surface area is 94.8 Å². The summed E-state index contributed by atoms with van der Waals surface area (Å²) in [7, 11) is 0. The van der Waals surface area contributed by atoms with Crippen molar-refractivity contribution in [2.45, 2.75) is 38.6 Å². The van der Waals surface area contributed by atoms with Crippen LogP contribution in [0.3, 0.4) is 0 Å². The molecule has 3 nitrogen and oxygen atoms in total. The molecule has 0 radical (unpaired) electrons. The van der Waals surface area contributed by atoms with Crippen molar-refractivity contribution in [3.05, 3.63) is 11.6 Å². The van der Waals surface area contributed by atoms with Gasteiger partial charge in [0, 0.05) is 6.54 Å². The topological polar surface area (TPSA) is 30.7 Å². The van der Waals surface area contributed by atoms with Gasteiger partial charge in [0.15, 0.2) is 0 Å². The SMILES string of the molecule is Clc1nncn1CCC1CC2CCC1C2. The fourth-order valence-corrected chi connectivity index (χ4v) is 3.60. The summed E-state index contributed by atoms with van der Waals surface area (Å²) < 4.78 is 1.95. The molecule has 4 heteroatoms. The average Bonchev–Trinajstić information content (AvgIpc) is 2.90. The van der Waals surface area contributed by atoms with Crippen molar-refractivity contribution in [2.24, 2.45) is 17.8 Å². The fraction of sp³-hybridized carbons (Fsp3) is 0.818. The number of nitrogens with zero attached hydrogens (tertiary/aromatic N) is 3. The molecule has 1 aromatic heterocycles. The van der Waals surface area contributed by atoms with Crippen LogP contribution in [0.4, 0.5) is 0 Å². The molecule has 2 aliphatic carbocycles. The molecular formula is C11H16ClN3. The number of hydrogen-bond acceptors (Lipinski definition) is 2. The maximum absolute atomic E-state index is 5.89. The van der Waals surface area contributed by atoms with Crippen LogP contribution in [0.25, 0.3) is 0 Å². The number of hydrogen-bond donors (Lipinski definition) is 0. The first-order chi connectivity index (χ1) is 7.33. The van der Waals surface area contributed by atoms with Crippen molar-refractivity contribution in [3.63, 3.8) is 0 Å². The predicted molar refractivity (Wildman–Crippen MR) is 58.6 cm³/mol. The Hall–Kier alpha value is -0.570. The highest BCUT2D eigenvalue weighted by atomic mass is 35.5. The highest BCUT2D eigenvalue weighted by molar-refractivity contribution is 6.28. The van der Waals surface area contributed by atoms with E-state index < -0.39 is 0 Å². The average molecular weight is 226 g/mol. The zero-order chi connectivity index (χ0) is 10.3. The smallest absolute Gasteiger partial charge is 0.224 e. The van der Waals surface area contributed by atoms with Crippen molar-refractivity contribution < 1.29 is 0 Å². The minimum atomic E-state index is 0.526. The molecule has 0 saturated heterocycles. The van der Waals surface area contributed by atoms with Crippen LogP contribution in [0.15, 0.2) is 6.33 Å². The Balaban J connectivity index is 1.57. The second-order valence-electron chi connectivity index (χ2n) is 5.02. The molecule has 0 aromatic carbocycles. The summed E-state index contributed by atoms with van der Waals surface area (Å²) in [6.45, 7) is 0.986. The first kappa shape index (κ1) is 9.64. The molecule has 82 valence electrons. The van der Waals surface area contributed by atoms with Gasteiger partial charge in [-0.25, -0.2) is 0 Å². The van der Waals surface area contributed by atoms with Crippen LogP contribution in [0.5, 0.6) is 0 Å². The molecule has 3 rings (SSSR count). The molecule has 0 N–H and O–H groups in total. The van der Waals surface area contributed by atoms with Gasteiger partial charge >= 0.3 is 0 Å². The molecule has 2 saturated carbocycles. The van der Waals surface area contributed by atoms with Gasteiger partial charge < -0.3 is 4.57 Å². The Morgan fingerprint density at radius 1 is 1.40 bits per heavy atom. The molecule has 2 aliphatic rings. The summed E-state index contributed by atoms with van der Waals surface area (Å²) in [5, 5.41) is 8.11. The third-order valence-corrected chi connectivity index (χ3v) is 4.49. The molecule has 0 spiro atoms. The predicted octanol–water partition coefficient (Wildman–Crippen LogP) is 2.76. The summed E-state index contributed by atoms with van der Waals surface area (Å²) in [5.41, 5.74) is 0. The molecular weight excluding hydrogens is 210 g/mol. The van der Waals surface area contributed by atoms with Crippen molar-refractivity contribution >= 4 is 11.6 Å². The first-order valence-corrected chi connectivity index (χ1v) is 6.24. The quantitative estimate of drug-likeness (QED) is 0.792. The van der Waals surface area contributed by atoms with Gasteiger partial charge in [0.2, 0.25) is 5.28 Å². The summed E-state index contributed by atoms with van der Waals surface area (Å²) in [5.74, 6) is 2.98. The van der Waals surface area contributed by atoms with Crippen LogP contribution in [0.1, 0.15) is 32.1 Å². The molecule has 1 aromatic rings. The monoisotopic (exact) mass is 225 g/mol. The van der Waals surface area contributed by atoms with Crippen molar-refractivity contribution in [2.75, 3.05) is 0 Å². The number of aryl methyl sites for hydroxylation is 1. The van der Waals surface area contributed by atoms with Gasteiger partial charge in [0.25, 0.3) is 0 Å². The number of fused-ring (bicyclic) bond motifs is 2. The molecule has 1 heterocycles. The van der Waals surface area contributed by atoms with E-state index in [-0.39, 0.29) is 0 Å². The number of halogens is 1. The number of aromatic nitrogens is 3. The molecule has 0 amide bonds. The van der Waals surface area contributed by atoms with Crippen molar-refractivity contribution in [3.8, 4) is 0 Å². The Kier molecular flexibility index (Phi) is 2.43. The van der Waals surface area contributed by atoms with Crippen LogP contribution in [-0.4, -0.2) is 14.8 Å². The van der Waals surface area contributed by atoms with E-state index in [4.69, 9.17) is 11.6 Å². The lowest BCUT2D eigenvalue weighted by atomic mass is 9.86. The molecule has 3 atom stereocenters. The van der Waals surface area contributed by atoms with Gasteiger partial charge in [-0.15, -0.1) is 10.2 Å². The van der Waals surface area contributed by atoms with Gasteiger partial charge in [-0.3, -0.25) is 0 Å². The van der Waals surface area contributed by atoms with Gasteiger partial charge in [-0.05, 0) is 55.0 Å². The lowest BCUT2D eigenvalue weighted by Crippen LogP contribution is -2.13. The second kappa shape index (κ2) is 3.78. The molecule has 0 aliphatic heterocycles. The van der Waals surface area contributed by atoms with Crippen LogP contribution in [-0.2, 0) is 6.54 Å². The zero-order valence-electron chi connectivity index (χ0n) is 8.77. The number of rotatable bonds is 3. The Morgan fingerprint density at radius 2 is 2.33 bits per heavy atom. The van der Waals surface area contributed by atoms with E-state index >= 15 is 0 Å². The van der Waals surface area contributed by atoms with Crippen LogP contribution < -0.4 is 0 Å². The summed E-state index contributed by atoms with van der Waals surface area (Å²) in [6.07, 6.45) is 8.86. The highest BCUT2D eigenvalue weighted by Gasteiger charge is 2.38. The fourth-order valence-electron chi connectivity index (χ4n) is 3.43. The standard InChI is InChI=1S/C11H16ClN3/c12-11-14-13-7-15(11)4-3-10-6-8-1-2-9(10)5-8/h7-10H,1-6H2. The van der Waals surface area contributed by atoms with E-state index in [0.717, 1.165) is 24.3 Å². The van der Waals surface area contributed by atoms with Crippen LogP contribution >= 0.6 is 11.6 Å². The lowest BCUT2D eigenvalue weighted by molar-refractivity contribution is 0.301. The van der Waals surface area contributed by atoms with Gasteiger partial charge in [-0.1, -0.05) is 6.42 Å². The van der Waals surface area contributed by atoms with E-state index in [1.807, 2.05) is 4.57 Å². The zero-order valence-corrected chi connectivity index (χ0v) is 9.53. The summed E-state index contributed by atoms with van der Waals surface area (Å²) in [4.78, 5) is 0. The maximum atomic E-state index is 5.89. The first-order valence-electron chi connectivity index (χ1n) is 5.86. The minimum Gasteiger partial charge on any atom is -0.304 e. The van der Waals surface area contributed by atoms with E-state index in [1.54, 1.807) is 6.33 Å². The van der Waals surface area contributed by atoms with Crippen LogP contribution in [0, 0.1) is 17.8 Å². The highest BCUT2D eigenvalue weighted by Crippen LogP contribution is 2.49. The largest absolute Gasteiger partial charge is 0.304 e. The van der Waals surface area contributed by atoms with E-state index in [2.05, 4.69) is 10.2 Å². The van der Waals surface area contributed by atoms with Crippen molar-refractivity contribution in [1.29, 1.82) is 0 Å². The minimum absolute atomic E-state index is 0.526. The maximum Gasteiger partial charge on any atom is 0.224 e. The second-order valence-corrected chi connectivity index (χ2v) is 5.36. The normalized spacial score (nSPS) is 33.8. The van der Waals surface area contributed by atoms with E-state index in [9.17, 15) is 0 Å². The van der Waals surface area contributed by atoms with Gasteiger partial charge in [0.1, 0.15) is 6.33 Å². The molecule has 2 fully saturated rings. The third kappa shape index (κ3) is 1.78. The third-order valence-electron chi connectivity index (χ3n) is 4.19. The van der Waals surface area contributed by atoms with E-state index in [1.165, 1.54) is 32.1 Å². The Bertz CT molecular complexity index is 349. The van der Waals surface area contributed by atoms with Crippen LogP contribution in [0.2, 0.25) is 5.28 Å². The molecule has 2 bridgehead atoms. The van der Waals surface area contributed by atoms with E-state index in [0.29, 0.717) is 5.28 Å². The van der Waals surface area contributed by atoms with Gasteiger partial charge in [-0.2, -0.15) is 0 Å². The summed E-state index contributed by atoms with van der Waals surface area (Å²) in [6, 6.07) is 0. The Morgan fingerprint density at radius 3 is 2.93 bits per heavy atom. The lowest BCUT2D eigenvalue weighted by Gasteiger charge is -2.21.